The zero-order valence-corrected chi connectivity index (χ0v) is 14.8. The van der Waals surface area contributed by atoms with E-state index in [2.05, 4.69) is 22.3 Å². The zero-order valence-electron chi connectivity index (χ0n) is 14.8. The highest BCUT2D eigenvalue weighted by molar-refractivity contribution is 5.92. The third-order valence-electron chi connectivity index (χ3n) is 4.42. The van der Waals surface area contributed by atoms with Gasteiger partial charge < -0.3 is 15.0 Å². The van der Waals surface area contributed by atoms with E-state index in [1.807, 2.05) is 19.1 Å². The number of anilines is 1. The Morgan fingerprint density at radius 2 is 1.96 bits per heavy atom. The minimum absolute atomic E-state index is 0.145. The van der Waals surface area contributed by atoms with Crippen molar-refractivity contribution in [3.8, 4) is 0 Å². The fourth-order valence-corrected chi connectivity index (χ4v) is 2.93. The van der Waals surface area contributed by atoms with E-state index in [0.29, 0.717) is 5.56 Å². The number of ether oxygens (including phenoxy) is 1. The molecule has 0 unspecified atom stereocenters. The first-order valence-electron chi connectivity index (χ1n) is 8.79. The van der Waals surface area contributed by atoms with Gasteiger partial charge in [-0.2, -0.15) is 0 Å². The minimum Gasteiger partial charge on any atom is -0.378 e. The highest BCUT2D eigenvalue weighted by Crippen LogP contribution is 2.21. The molecule has 0 radical (unpaired) electrons. The molecule has 2 aromatic carbocycles. The van der Waals surface area contributed by atoms with Gasteiger partial charge in [-0.05, 0) is 36.8 Å². The second-order valence-corrected chi connectivity index (χ2v) is 6.28. The lowest BCUT2D eigenvalue weighted by Crippen LogP contribution is -2.36. The van der Waals surface area contributed by atoms with Crippen molar-refractivity contribution < 1.29 is 13.9 Å². The van der Waals surface area contributed by atoms with Gasteiger partial charge in [0.25, 0.3) is 0 Å². The van der Waals surface area contributed by atoms with Crippen molar-refractivity contribution in [1.29, 1.82) is 0 Å². The highest BCUT2D eigenvalue weighted by Gasteiger charge is 2.13. The molecule has 136 valence electrons. The summed E-state index contributed by atoms with van der Waals surface area (Å²) >= 11 is 0. The number of hydrogen-bond donors (Lipinski definition) is 1. The van der Waals surface area contributed by atoms with E-state index >= 15 is 0 Å². The standard InChI is InChI=1S/C21H23FN2O2/c1-16(23-21(25)10-9-17-5-2-3-8-20(17)22)18-6-4-7-19(15-18)24-11-13-26-14-12-24/h2-10,15-16H,11-14H2,1H3,(H,23,25)/t16-/m0/s1. The summed E-state index contributed by atoms with van der Waals surface area (Å²) in [5, 5.41) is 2.92. The third kappa shape index (κ3) is 4.70. The lowest BCUT2D eigenvalue weighted by Gasteiger charge is -2.29. The summed E-state index contributed by atoms with van der Waals surface area (Å²) in [4.78, 5) is 14.4. The second kappa shape index (κ2) is 8.63. The number of hydrogen-bond acceptors (Lipinski definition) is 3. The summed E-state index contributed by atoms with van der Waals surface area (Å²) in [6.45, 7) is 5.15. The molecule has 1 atom stereocenters. The molecule has 2 aromatic rings. The Kier molecular flexibility index (Phi) is 6.02. The Labute approximate surface area is 153 Å². The maximum absolute atomic E-state index is 13.6. The molecule has 1 N–H and O–H groups in total. The maximum Gasteiger partial charge on any atom is 0.244 e. The number of benzene rings is 2. The summed E-state index contributed by atoms with van der Waals surface area (Å²) in [6.07, 6.45) is 2.85. The molecule has 0 aromatic heterocycles. The molecule has 0 spiro atoms. The molecule has 1 aliphatic rings. The molecular formula is C21H23FN2O2. The molecule has 1 amide bonds. The molecule has 0 bridgehead atoms. The lowest BCUT2D eigenvalue weighted by molar-refractivity contribution is -0.117. The molecule has 1 aliphatic heterocycles. The topological polar surface area (TPSA) is 41.6 Å². The summed E-state index contributed by atoms with van der Waals surface area (Å²) in [5.74, 6) is -0.597. The van der Waals surface area contributed by atoms with Gasteiger partial charge in [0.15, 0.2) is 0 Å². The number of nitrogens with zero attached hydrogens (tertiary/aromatic N) is 1. The van der Waals surface area contributed by atoms with Gasteiger partial charge in [-0.15, -0.1) is 0 Å². The first-order valence-corrected chi connectivity index (χ1v) is 8.79. The SMILES string of the molecule is C[C@H](NC(=O)C=Cc1ccccc1F)c1cccc(N2CCOCC2)c1. The molecule has 0 aliphatic carbocycles. The number of carbonyl (C=O) groups is 1. The van der Waals surface area contributed by atoms with Crippen LogP contribution in [0.1, 0.15) is 24.1 Å². The first-order chi connectivity index (χ1) is 12.6. The fraction of sp³-hybridized carbons (Fsp3) is 0.286. The summed E-state index contributed by atoms with van der Waals surface area (Å²) in [7, 11) is 0. The number of morpholine rings is 1. The van der Waals surface area contributed by atoms with E-state index < -0.39 is 0 Å². The van der Waals surface area contributed by atoms with Crippen molar-refractivity contribution in [3.05, 3.63) is 71.6 Å². The quantitative estimate of drug-likeness (QED) is 0.835. The Hall–Kier alpha value is -2.66. The van der Waals surface area contributed by atoms with Gasteiger partial charge in [0, 0.05) is 30.4 Å². The van der Waals surface area contributed by atoms with Crippen molar-refractivity contribution >= 4 is 17.7 Å². The van der Waals surface area contributed by atoms with Crippen LogP contribution in [-0.2, 0) is 9.53 Å². The number of rotatable bonds is 5. The molecule has 0 saturated carbocycles. The number of nitrogens with one attached hydrogen (secondary N) is 1. The van der Waals surface area contributed by atoms with E-state index in [-0.39, 0.29) is 17.8 Å². The number of amides is 1. The summed E-state index contributed by atoms with van der Waals surface area (Å²) in [5.41, 5.74) is 2.56. The van der Waals surface area contributed by atoms with E-state index in [9.17, 15) is 9.18 Å². The largest absolute Gasteiger partial charge is 0.378 e. The minimum atomic E-state index is -0.345. The zero-order chi connectivity index (χ0) is 18.4. The van der Waals surface area contributed by atoms with Gasteiger partial charge in [-0.3, -0.25) is 4.79 Å². The predicted octanol–water partition coefficient (Wildman–Crippen LogP) is 3.55. The van der Waals surface area contributed by atoms with Crippen molar-refractivity contribution in [2.24, 2.45) is 0 Å². The Balaban J connectivity index is 1.63. The summed E-state index contributed by atoms with van der Waals surface area (Å²) in [6, 6.07) is 14.4. The van der Waals surface area contributed by atoms with E-state index in [1.54, 1.807) is 18.2 Å². The molecule has 4 nitrogen and oxygen atoms in total. The van der Waals surface area contributed by atoms with Gasteiger partial charge in [0.1, 0.15) is 5.82 Å². The number of halogens is 1. The van der Waals surface area contributed by atoms with Crippen LogP contribution in [-0.4, -0.2) is 32.2 Å². The smallest absolute Gasteiger partial charge is 0.244 e. The molecule has 1 saturated heterocycles. The number of carbonyl (C=O) groups excluding carboxylic acids is 1. The summed E-state index contributed by atoms with van der Waals surface area (Å²) < 4.78 is 19.0. The first kappa shape index (κ1) is 18.1. The molecule has 5 heteroatoms. The second-order valence-electron chi connectivity index (χ2n) is 6.28. The average molecular weight is 354 g/mol. The normalized spacial score (nSPS) is 15.8. The third-order valence-corrected chi connectivity index (χ3v) is 4.42. The average Bonchev–Trinajstić information content (AvgIpc) is 2.68. The Morgan fingerprint density at radius 3 is 2.73 bits per heavy atom. The maximum atomic E-state index is 13.6. The Bertz CT molecular complexity index is 785. The van der Waals surface area contributed by atoms with Crippen molar-refractivity contribution in [1.82, 2.24) is 5.32 Å². The molecule has 3 rings (SSSR count). The molecule has 26 heavy (non-hydrogen) atoms. The lowest BCUT2D eigenvalue weighted by atomic mass is 10.1. The van der Waals surface area contributed by atoms with Crippen LogP contribution >= 0.6 is 0 Å². The van der Waals surface area contributed by atoms with E-state index in [1.165, 1.54) is 18.2 Å². The van der Waals surface area contributed by atoms with Crippen LogP contribution in [0.2, 0.25) is 0 Å². The van der Waals surface area contributed by atoms with Crippen molar-refractivity contribution in [3.63, 3.8) is 0 Å². The molecule has 1 fully saturated rings. The highest BCUT2D eigenvalue weighted by atomic mass is 19.1. The van der Waals surface area contributed by atoms with Gasteiger partial charge in [-0.1, -0.05) is 30.3 Å². The van der Waals surface area contributed by atoms with Crippen molar-refractivity contribution in [2.75, 3.05) is 31.2 Å². The van der Waals surface area contributed by atoms with Gasteiger partial charge in [-0.25, -0.2) is 4.39 Å². The molecule has 1 heterocycles. The van der Waals surface area contributed by atoms with Crippen LogP contribution in [0.5, 0.6) is 0 Å². The fourth-order valence-electron chi connectivity index (χ4n) is 2.93. The molecular weight excluding hydrogens is 331 g/mol. The van der Waals surface area contributed by atoms with Crippen LogP contribution in [0.25, 0.3) is 6.08 Å². The van der Waals surface area contributed by atoms with E-state index in [4.69, 9.17) is 4.74 Å². The monoisotopic (exact) mass is 354 g/mol. The van der Waals surface area contributed by atoms with Gasteiger partial charge >= 0.3 is 0 Å². The van der Waals surface area contributed by atoms with Crippen LogP contribution in [0, 0.1) is 5.82 Å². The van der Waals surface area contributed by atoms with E-state index in [0.717, 1.165) is 37.6 Å². The van der Waals surface area contributed by atoms with Crippen molar-refractivity contribution in [2.45, 2.75) is 13.0 Å². The predicted molar refractivity (Wildman–Crippen MR) is 101 cm³/mol. The van der Waals surface area contributed by atoms with Gasteiger partial charge in [0.05, 0.1) is 19.3 Å². The van der Waals surface area contributed by atoms with Crippen LogP contribution in [0.4, 0.5) is 10.1 Å². The van der Waals surface area contributed by atoms with Crippen LogP contribution in [0.15, 0.2) is 54.6 Å². The Morgan fingerprint density at radius 1 is 1.19 bits per heavy atom. The van der Waals surface area contributed by atoms with Crippen LogP contribution in [0.3, 0.4) is 0 Å². The van der Waals surface area contributed by atoms with Crippen LogP contribution < -0.4 is 10.2 Å². The van der Waals surface area contributed by atoms with Gasteiger partial charge in [0.2, 0.25) is 5.91 Å².